The van der Waals surface area contributed by atoms with Gasteiger partial charge in [-0.05, 0) is 42.5 Å². The van der Waals surface area contributed by atoms with Gasteiger partial charge in [0.2, 0.25) is 0 Å². The lowest BCUT2D eigenvalue weighted by Gasteiger charge is -2.07. The Kier molecular flexibility index (Phi) is 12.1. The van der Waals surface area contributed by atoms with E-state index in [0.717, 1.165) is 6.07 Å². The number of nitrogens with zero attached hydrogens (tertiary/aromatic N) is 4. The number of anilines is 2. The Morgan fingerprint density at radius 3 is 1.79 bits per heavy atom. The van der Waals surface area contributed by atoms with Gasteiger partial charge in [-0.3, -0.25) is 39.8 Å². The number of benzene rings is 2. The summed E-state index contributed by atoms with van der Waals surface area (Å²) in [4.78, 5) is 49.9. The Balaban J connectivity index is 0.000000247. The van der Waals surface area contributed by atoms with E-state index in [1.54, 1.807) is 13.1 Å². The zero-order valence-electron chi connectivity index (χ0n) is 22.6. The highest BCUT2D eigenvalue weighted by Gasteiger charge is 2.14. The molecule has 0 radical (unpaired) electrons. The number of rotatable bonds is 6. The molecular formula is C26H25ClN8O8. The van der Waals surface area contributed by atoms with E-state index in [1.165, 1.54) is 68.0 Å². The minimum absolute atomic E-state index is 0.0489. The number of halogens is 1. The molecule has 16 nitrogen and oxygen atoms in total. The maximum Gasteiger partial charge on any atom is 0.295 e. The quantitative estimate of drug-likeness (QED) is 0.0904. The van der Waals surface area contributed by atoms with Gasteiger partial charge in [0.15, 0.2) is 0 Å². The summed E-state index contributed by atoms with van der Waals surface area (Å²) < 4.78 is 5.48. The van der Waals surface area contributed by atoms with Crippen LogP contribution in [0.2, 0.25) is 5.02 Å². The number of phenols is 1. The summed E-state index contributed by atoms with van der Waals surface area (Å²) in [6.07, 6.45) is 2.90. The van der Waals surface area contributed by atoms with Crippen LogP contribution in [-0.4, -0.2) is 50.8 Å². The zero-order chi connectivity index (χ0) is 32.1. The van der Waals surface area contributed by atoms with Crippen LogP contribution in [0.3, 0.4) is 0 Å². The molecule has 2 aromatic carbocycles. The monoisotopic (exact) mass is 612 g/mol. The summed E-state index contributed by atoms with van der Waals surface area (Å²) in [6.45, 7) is 0. The van der Waals surface area contributed by atoms with Crippen molar-refractivity contribution in [3.8, 4) is 17.2 Å². The summed E-state index contributed by atoms with van der Waals surface area (Å²) in [7, 11) is 3.03. The number of nitro benzene ring substituents is 2. The van der Waals surface area contributed by atoms with Gasteiger partial charge in [0.1, 0.15) is 40.0 Å². The Bertz CT molecular complexity index is 1640. The first-order valence-electron chi connectivity index (χ1n) is 11.8. The third-order valence-corrected chi connectivity index (χ3v) is 5.25. The van der Waals surface area contributed by atoms with Crippen molar-refractivity contribution in [2.24, 2.45) is 0 Å². The molecule has 2 amide bonds. The summed E-state index contributed by atoms with van der Waals surface area (Å²) >= 11 is 5.63. The van der Waals surface area contributed by atoms with Gasteiger partial charge in [0.25, 0.3) is 23.2 Å². The number of hydrogen-bond donors (Lipinski definition) is 5. The van der Waals surface area contributed by atoms with Crippen molar-refractivity contribution in [2.45, 2.75) is 0 Å². The predicted octanol–water partition coefficient (Wildman–Crippen LogP) is 3.70. The second kappa shape index (κ2) is 15.7. The van der Waals surface area contributed by atoms with Gasteiger partial charge in [-0.15, -0.1) is 0 Å². The second-order valence-electron chi connectivity index (χ2n) is 7.97. The summed E-state index contributed by atoms with van der Waals surface area (Å²) in [5, 5.41) is 35.2. The fraction of sp³-hybridized carbons (Fsp3) is 0.0769. The number of pyridine rings is 2. The molecule has 4 aromatic rings. The van der Waals surface area contributed by atoms with Crippen LogP contribution in [0.15, 0.2) is 73.1 Å². The van der Waals surface area contributed by atoms with Crippen molar-refractivity contribution in [1.29, 1.82) is 0 Å². The average molecular weight is 613 g/mol. The molecule has 4 rings (SSSR count). The van der Waals surface area contributed by atoms with Crippen LogP contribution >= 0.6 is 11.6 Å². The number of carbonyl (C=O) groups is 2. The lowest BCUT2D eigenvalue weighted by Crippen LogP contribution is -2.18. The fourth-order valence-corrected chi connectivity index (χ4v) is 3.11. The molecule has 2 heterocycles. The van der Waals surface area contributed by atoms with Crippen LogP contribution in [0.25, 0.3) is 0 Å². The van der Waals surface area contributed by atoms with Crippen LogP contribution in [-0.2, 0) is 0 Å². The van der Waals surface area contributed by atoms with Crippen LogP contribution < -0.4 is 26.8 Å². The number of carbonyl (C=O) groups excluding carboxylic acids is 2. The van der Waals surface area contributed by atoms with Gasteiger partial charge >= 0.3 is 0 Å². The Morgan fingerprint density at radius 1 is 0.791 bits per heavy atom. The van der Waals surface area contributed by atoms with Crippen molar-refractivity contribution >= 4 is 46.2 Å². The van der Waals surface area contributed by atoms with Crippen LogP contribution in [0, 0.1) is 20.2 Å². The van der Waals surface area contributed by atoms with Crippen molar-refractivity contribution in [2.75, 3.05) is 25.6 Å². The van der Waals surface area contributed by atoms with E-state index < -0.39 is 9.85 Å². The Labute approximate surface area is 248 Å². The molecule has 17 heteroatoms. The second-order valence-corrected chi connectivity index (χ2v) is 8.41. The number of nitrogen functional groups attached to an aromatic ring is 2. The molecule has 0 fully saturated rings. The van der Waals surface area contributed by atoms with Crippen LogP contribution in [0.1, 0.15) is 21.0 Å². The van der Waals surface area contributed by atoms with Crippen LogP contribution in [0.4, 0.5) is 22.7 Å². The molecule has 0 saturated heterocycles. The van der Waals surface area contributed by atoms with E-state index in [1.807, 2.05) is 0 Å². The minimum Gasteiger partial charge on any atom is -0.508 e. The zero-order valence-corrected chi connectivity index (χ0v) is 23.3. The molecule has 2 aromatic heterocycles. The molecule has 0 atom stereocenters. The van der Waals surface area contributed by atoms with Gasteiger partial charge in [-0.2, -0.15) is 0 Å². The number of nitro groups is 2. The maximum atomic E-state index is 11.5. The van der Waals surface area contributed by atoms with Crippen molar-refractivity contribution < 1.29 is 29.3 Å². The average Bonchev–Trinajstić information content (AvgIpc) is 2.99. The van der Waals surface area contributed by atoms with E-state index in [4.69, 9.17) is 32.9 Å². The van der Waals surface area contributed by atoms with E-state index >= 15 is 0 Å². The van der Waals surface area contributed by atoms with Gasteiger partial charge in [0, 0.05) is 37.6 Å². The first-order valence-corrected chi connectivity index (χ1v) is 12.2. The number of hydrogen-bond acceptors (Lipinski definition) is 12. The standard InChI is InChI=1S/C13H12N4O4.C7H7ClN2O.C6H6N2O3/c1-15-13(18)11-6-9(4-5-16-11)21-8-2-3-10(14)12(7-8)17(19)20;1-9-7(11)6-4-5(8)2-3-10-6;7-5-2-1-4(9)3-6(5)8(10)11/h2-7H,14H2,1H3,(H,15,18);2-4H,1H3,(H,9,11);1-3,9H,7H2. The Hall–Kier alpha value is -6.03. The van der Waals surface area contributed by atoms with Gasteiger partial charge in [-0.25, -0.2) is 0 Å². The van der Waals surface area contributed by atoms with Gasteiger partial charge < -0.3 is 31.9 Å². The smallest absolute Gasteiger partial charge is 0.295 e. The number of amides is 2. The molecule has 0 bridgehead atoms. The molecule has 7 N–H and O–H groups in total. The van der Waals surface area contributed by atoms with E-state index in [2.05, 4.69) is 20.6 Å². The molecule has 43 heavy (non-hydrogen) atoms. The highest BCUT2D eigenvalue weighted by Crippen LogP contribution is 2.30. The molecule has 0 unspecified atom stereocenters. The topological polar surface area (TPSA) is 252 Å². The van der Waals surface area contributed by atoms with Crippen molar-refractivity contribution in [3.05, 3.63) is 110 Å². The first-order chi connectivity index (χ1) is 20.4. The molecule has 0 saturated carbocycles. The predicted molar refractivity (Wildman–Crippen MR) is 157 cm³/mol. The number of aromatic hydroxyl groups is 1. The number of nitrogens with two attached hydrogens (primary N) is 2. The highest BCUT2D eigenvalue weighted by molar-refractivity contribution is 6.30. The minimum atomic E-state index is -0.644. The third-order valence-electron chi connectivity index (χ3n) is 5.02. The highest BCUT2D eigenvalue weighted by atomic mass is 35.5. The molecule has 0 aliphatic carbocycles. The Morgan fingerprint density at radius 2 is 1.28 bits per heavy atom. The molecular weight excluding hydrogens is 588 g/mol. The molecule has 0 spiro atoms. The SMILES string of the molecule is CNC(=O)c1cc(Cl)ccn1.CNC(=O)c1cc(Oc2ccc(N)c([N+](=O)[O-])c2)ccn1.Nc1ccc(O)cc1[N+](=O)[O-]. The number of ether oxygens (including phenoxy) is 1. The summed E-state index contributed by atoms with van der Waals surface area (Å²) in [6, 6.07) is 13.8. The van der Waals surface area contributed by atoms with E-state index in [0.29, 0.717) is 16.5 Å². The molecule has 0 aliphatic rings. The van der Waals surface area contributed by atoms with Crippen molar-refractivity contribution in [1.82, 2.24) is 20.6 Å². The molecule has 0 aliphatic heterocycles. The number of phenolic OH excluding ortho intramolecular Hbond substituents is 1. The van der Waals surface area contributed by atoms with Gasteiger partial charge in [0.05, 0.1) is 22.0 Å². The van der Waals surface area contributed by atoms with Crippen molar-refractivity contribution in [3.63, 3.8) is 0 Å². The summed E-state index contributed by atoms with van der Waals surface area (Å²) in [5.74, 6) is -0.172. The first kappa shape index (κ1) is 33.2. The van der Waals surface area contributed by atoms with Crippen LogP contribution in [0.5, 0.6) is 17.2 Å². The number of nitrogens with one attached hydrogen (secondary N) is 2. The summed E-state index contributed by atoms with van der Waals surface area (Å²) in [5.41, 5.74) is 10.8. The van der Waals surface area contributed by atoms with E-state index in [9.17, 15) is 29.8 Å². The normalized spacial score (nSPS) is 9.65. The fourth-order valence-electron chi connectivity index (χ4n) is 2.96. The van der Waals surface area contributed by atoms with Gasteiger partial charge in [-0.1, -0.05) is 11.6 Å². The lowest BCUT2D eigenvalue weighted by molar-refractivity contribution is -0.384. The molecule has 224 valence electrons. The number of aromatic nitrogens is 2. The van der Waals surface area contributed by atoms with E-state index in [-0.39, 0.29) is 51.8 Å². The lowest BCUT2D eigenvalue weighted by atomic mass is 10.2. The largest absolute Gasteiger partial charge is 0.508 e. The maximum absolute atomic E-state index is 11.5. The third kappa shape index (κ3) is 10.1.